The number of hydrogen-bond donors (Lipinski definition) is 2. The third kappa shape index (κ3) is 3.50. The molecule has 2 N–H and O–H groups in total. The van der Waals surface area contributed by atoms with Crippen LogP contribution in [0.3, 0.4) is 0 Å². The van der Waals surface area contributed by atoms with Gasteiger partial charge >= 0.3 is 6.18 Å². The van der Waals surface area contributed by atoms with Crippen LogP contribution in [-0.2, 0) is 6.18 Å². The molecule has 0 spiro atoms. The SMILES string of the molecule is CCNc1nc(N(CCO)C2CC2)cc(C(F)(F)F)n1. The van der Waals surface area contributed by atoms with Crippen LogP contribution < -0.4 is 10.2 Å². The van der Waals surface area contributed by atoms with E-state index < -0.39 is 11.9 Å². The number of rotatable bonds is 6. The van der Waals surface area contributed by atoms with Crippen molar-refractivity contribution in [1.29, 1.82) is 0 Å². The Labute approximate surface area is 114 Å². The molecule has 112 valence electrons. The van der Waals surface area contributed by atoms with Crippen molar-refractivity contribution < 1.29 is 18.3 Å². The second kappa shape index (κ2) is 5.82. The minimum atomic E-state index is -4.52. The molecule has 1 aromatic heterocycles. The zero-order valence-electron chi connectivity index (χ0n) is 11.1. The highest BCUT2D eigenvalue weighted by atomic mass is 19.4. The Hall–Kier alpha value is -1.57. The predicted molar refractivity (Wildman–Crippen MR) is 68.7 cm³/mol. The minimum absolute atomic E-state index is 0.0408. The molecule has 0 aliphatic heterocycles. The number of halogens is 3. The van der Waals surface area contributed by atoms with Gasteiger partial charge in [-0.2, -0.15) is 18.2 Å². The summed E-state index contributed by atoms with van der Waals surface area (Å²) in [6.45, 7) is 2.34. The number of nitrogens with one attached hydrogen (secondary N) is 1. The fourth-order valence-electron chi connectivity index (χ4n) is 1.94. The first kappa shape index (κ1) is 14.8. The van der Waals surface area contributed by atoms with Gasteiger partial charge in [-0.15, -0.1) is 0 Å². The van der Waals surface area contributed by atoms with Crippen LogP contribution in [0.15, 0.2) is 6.07 Å². The molecule has 0 atom stereocenters. The molecule has 0 amide bonds. The molecule has 2 rings (SSSR count). The third-order valence-corrected chi connectivity index (χ3v) is 2.96. The molecular weight excluding hydrogens is 273 g/mol. The summed E-state index contributed by atoms with van der Waals surface area (Å²) in [7, 11) is 0. The van der Waals surface area contributed by atoms with Crippen molar-refractivity contribution in [2.24, 2.45) is 0 Å². The standard InChI is InChI=1S/C12H17F3N4O/c1-2-16-11-17-9(12(13,14)15)7-10(18-11)19(5-6-20)8-3-4-8/h7-8,20H,2-6H2,1H3,(H,16,17,18). The fraction of sp³-hybridized carbons (Fsp3) is 0.667. The molecule has 1 aliphatic carbocycles. The van der Waals surface area contributed by atoms with Gasteiger partial charge in [0.25, 0.3) is 0 Å². The van der Waals surface area contributed by atoms with Gasteiger partial charge in [0.1, 0.15) is 5.82 Å². The number of aliphatic hydroxyl groups is 1. The molecular formula is C12H17F3N4O. The van der Waals surface area contributed by atoms with Crippen molar-refractivity contribution in [2.45, 2.75) is 32.0 Å². The molecule has 1 saturated carbocycles. The fourth-order valence-corrected chi connectivity index (χ4v) is 1.94. The van der Waals surface area contributed by atoms with Gasteiger partial charge in [-0.05, 0) is 19.8 Å². The molecule has 1 aliphatic rings. The number of anilines is 2. The first-order valence-electron chi connectivity index (χ1n) is 6.53. The first-order valence-corrected chi connectivity index (χ1v) is 6.53. The summed E-state index contributed by atoms with van der Waals surface area (Å²) < 4.78 is 38.6. The topological polar surface area (TPSA) is 61.3 Å². The summed E-state index contributed by atoms with van der Waals surface area (Å²) >= 11 is 0. The maximum atomic E-state index is 12.9. The molecule has 1 aromatic rings. The normalized spacial score (nSPS) is 15.2. The number of nitrogens with zero attached hydrogens (tertiary/aromatic N) is 3. The van der Waals surface area contributed by atoms with Crippen LogP contribution in [0.25, 0.3) is 0 Å². The minimum Gasteiger partial charge on any atom is -0.395 e. The second-order valence-electron chi connectivity index (χ2n) is 4.61. The Morgan fingerprint density at radius 2 is 2.10 bits per heavy atom. The predicted octanol–water partition coefficient (Wildman–Crippen LogP) is 1.89. The van der Waals surface area contributed by atoms with E-state index in [0.717, 1.165) is 18.9 Å². The molecule has 20 heavy (non-hydrogen) atoms. The number of alkyl halides is 3. The number of aliphatic hydroxyl groups excluding tert-OH is 1. The van der Waals surface area contributed by atoms with Gasteiger partial charge in [-0.1, -0.05) is 0 Å². The van der Waals surface area contributed by atoms with Crippen molar-refractivity contribution >= 4 is 11.8 Å². The monoisotopic (exact) mass is 290 g/mol. The third-order valence-electron chi connectivity index (χ3n) is 2.96. The summed E-state index contributed by atoms with van der Waals surface area (Å²) in [5, 5.41) is 11.8. The van der Waals surface area contributed by atoms with Gasteiger partial charge in [0.15, 0.2) is 5.69 Å². The quantitative estimate of drug-likeness (QED) is 0.838. The van der Waals surface area contributed by atoms with Crippen LogP contribution in [0, 0.1) is 0 Å². The first-order chi connectivity index (χ1) is 9.45. The number of aromatic nitrogens is 2. The van der Waals surface area contributed by atoms with Gasteiger partial charge in [0.05, 0.1) is 6.61 Å². The van der Waals surface area contributed by atoms with Crippen LogP contribution in [0.2, 0.25) is 0 Å². The van der Waals surface area contributed by atoms with E-state index in [0.29, 0.717) is 6.54 Å². The molecule has 0 radical (unpaired) electrons. The highest BCUT2D eigenvalue weighted by Crippen LogP contribution is 2.34. The lowest BCUT2D eigenvalue weighted by Gasteiger charge is -2.23. The van der Waals surface area contributed by atoms with Crippen molar-refractivity contribution in [3.63, 3.8) is 0 Å². The maximum Gasteiger partial charge on any atom is 0.433 e. The van der Waals surface area contributed by atoms with E-state index in [-0.39, 0.29) is 31.0 Å². The molecule has 8 heteroatoms. The Morgan fingerprint density at radius 1 is 1.40 bits per heavy atom. The van der Waals surface area contributed by atoms with E-state index in [1.165, 1.54) is 0 Å². The van der Waals surface area contributed by atoms with Gasteiger partial charge in [0, 0.05) is 25.2 Å². The number of hydrogen-bond acceptors (Lipinski definition) is 5. The summed E-state index contributed by atoms with van der Waals surface area (Å²) in [4.78, 5) is 9.30. The van der Waals surface area contributed by atoms with Gasteiger partial charge < -0.3 is 15.3 Å². The van der Waals surface area contributed by atoms with Crippen molar-refractivity contribution in [3.8, 4) is 0 Å². The van der Waals surface area contributed by atoms with E-state index in [2.05, 4.69) is 15.3 Å². The molecule has 1 fully saturated rings. The van der Waals surface area contributed by atoms with Crippen molar-refractivity contribution in [2.75, 3.05) is 29.9 Å². The molecule has 5 nitrogen and oxygen atoms in total. The van der Waals surface area contributed by atoms with Gasteiger partial charge in [0.2, 0.25) is 5.95 Å². The van der Waals surface area contributed by atoms with E-state index >= 15 is 0 Å². The zero-order valence-corrected chi connectivity index (χ0v) is 11.1. The van der Waals surface area contributed by atoms with Gasteiger partial charge in [-0.25, -0.2) is 4.98 Å². The molecule has 1 heterocycles. The Balaban J connectivity index is 2.36. The molecule has 0 bridgehead atoms. The Kier molecular flexibility index (Phi) is 4.32. The average Bonchev–Trinajstić information content (AvgIpc) is 3.19. The molecule has 0 unspecified atom stereocenters. The van der Waals surface area contributed by atoms with E-state index in [1.807, 2.05) is 0 Å². The summed E-state index contributed by atoms with van der Waals surface area (Å²) in [6.07, 6.45) is -2.71. The smallest absolute Gasteiger partial charge is 0.395 e. The molecule has 0 aromatic carbocycles. The maximum absolute atomic E-state index is 12.9. The van der Waals surface area contributed by atoms with E-state index in [4.69, 9.17) is 5.11 Å². The Morgan fingerprint density at radius 3 is 2.60 bits per heavy atom. The van der Waals surface area contributed by atoms with Crippen LogP contribution in [-0.4, -0.2) is 40.8 Å². The average molecular weight is 290 g/mol. The summed E-state index contributed by atoms with van der Waals surface area (Å²) in [5.74, 6) is 0.167. The summed E-state index contributed by atoms with van der Waals surface area (Å²) in [5.41, 5.74) is -0.970. The lowest BCUT2D eigenvalue weighted by Crippen LogP contribution is -2.30. The Bertz CT molecular complexity index is 463. The highest BCUT2D eigenvalue weighted by Gasteiger charge is 2.36. The van der Waals surface area contributed by atoms with E-state index in [9.17, 15) is 13.2 Å². The van der Waals surface area contributed by atoms with Crippen LogP contribution in [0.4, 0.5) is 24.9 Å². The van der Waals surface area contributed by atoms with Crippen molar-refractivity contribution in [1.82, 2.24) is 9.97 Å². The van der Waals surface area contributed by atoms with Crippen molar-refractivity contribution in [3.05, 3.63) is 11.8 Å². The summed E-state index contributed by atoms with van der Waals surface area (Å²) in [6, 6.07) is 1.10. The van der Waals surface area contributed by atoms with Gasteiger partial charge in [-0.3, -0.25) is 0 Å². The lowest BCUT2D eigenvalue weighted by molar-refractivity contribution is -0.141. The van der Waals surface area contributed by atoms with E-state index in [1.54, 1.807) is 11.8 Å². The van der Waals surface area contributed by atoms with Crippen LogP contribution >= 0.6 is 0 Å². The largest absolute Gasteiger partial charge is 0.433 e. The molecule has 0 saturated heterocycles. The lowest BCUT2D eigenvalue weighted by atomic mass is 10.3. The van der Waals surface area contributed by atoms with Crippen LogP contribution in [0.1, 0.15) is 25.5 Å². The van der Waals surface area contributed by atoms with Crippen LogP contribution in [0.5, 0.6) is 0 Å². The second-order valence-corrected chi connectivity index (χ2v) is 4.61. The highest BCUT2D eigenvalue weighted by molar-refractivity contribution is 5.47. The zero-order chi connectivity index (χ0) is 14.8.